The van der Waals surface area contributed by atoms with Gasteiger partial charge in [0.25, 0.3) is 5.56 Å². The zero-order valence-corrected chi connectivity index (χ0v) is 10.5. The fraction of sp³-hybridized carbons (Fsp3) is 0.444. The van der Waals surface area contributed by atoms with E-state index in [0.29, 0.717) is 0 Å². The standard InChI is InChI=1S/C9H12BrN3O3/c1-5(2)12-7(14)4-13-8(15)6(10)3-11-9(13)16/h3,5H,4H2,1-2H3,(H,11,16)(H,12,14). The summed E-state index contributed by atoms with van der Waals surface area (Å²) < 4.78 is 1.05. The van der Waals surface area contributed by atoms with E-state index in [1.165, 1.54) is 6.20 Å². The molecule has 6 nitrogen and oxygen atoms in total. The summed E-state index contributed by atoms with van der Waals surface area (Å²) in [7, 11) is 0. The number of amides is 1. The Morgan fingerprint density at radius 3 is 2.75 bits per heavy atom. The van der Waals surface area contributed by atoms with E-state index in [2.05, 4.69) is 26.2 Å². The Morgan fingerprint density at radius 2 is 2.19 bits per heavy atom. The Balaban J connectivity index is 2.98. The number of nitrogens with zero attached hydrogens (tertiary/aromatic N) is 1. The van der Waals surface area contributed by atoms with E-state index in [1.54, 1.807) is 13.8 Å². The quantitative estimate of drug-likeness (QED) is 0.810. The first-order valence-electron chi connectivity index (χ1n) is 4.69. The Bertz CT molecular complexity index is 503. The summed E-state index contributed by atoms with van der Waals surface area (Å²) in [6, 6.07) is -0.0329. The molecule has 0 unspecified atom stereocenters. The van der Waals surface area contributed by atoms with E-state index in [0.717, 1.165) is 4.57 Å². The third-order valence-corrected chi connectivity index (χ3v) is 2.34. The molecule has 0 spiro atoms. The van der Waals surface area contributed by atoms with Crippen molar-refractivity contribution in [2.75, 3.05) is 0 Å². The first-order chi connectivity index (χ1) is 7.41. The van der Waals surface area contributed by atoms with Gasteiger partial charge in [-0.1, -0.05) is 0 Å². The van der Waals surface area contributed by atoms with Crippen LogP contribution in [0.4, 0.5) is 0 Å². The van der Waals surface area contributed by atoms with Crippen molar-refractivity contribution in [3.05, 3.63) is 31.5 Å². The molecule has 0 aromatic carbocycles. The zero-order chi connectivity index (χ0) is 12.3. The molecule has 0 bridgehead atoms. The highest BCUT2D eigenvalue weighted by atomic mass is 79.9. The van der Waals surface area contributed by atoms with Crippen molar-refractivity contribution in [1.82, 2.24) is 14.9 Å². The van der Waals surface area contributed by atoms with Crippen molar-refractivity contribution in [1.29, 1.82) is 0 Å². The van der Waals surface area contributed by atoms with Crippen LogP contribution in [0.3, 0.4) is 0 Å². The molecule has 88 valence electrons. The van der Waals surface area contributed by atoms with Gasteiger partial charge in [-0.05, 0) is 29.8 Å². The fourth-order valence-corrected chi connectivity index (χ4v) is 1.47. The molecule has 1 amide bonds. The lowest BCUT2D eigenvalue weighted by Crippen LogP contribution is -2.42. The number of H-pyrrole nitrogens is 1. The van der Waals surface area contributed by atoms with Crippen molar-refractivity contribution < 1.29 is 4.79 Å². The van der Waals surface area contributed by atoms with Gasteiger partial charge in [0, 0.05) is 12.2 Å². The number of hydrogen-bond acceptors (Lipinski definition) is 3. The second-order valence-corrected chi connectivity index (χ2v) is 4.41. The fourth-order valence-electron chi connectivity index (χ4n) is 1.14. The van der Waals surface area contributed by atoms with Crippen molar-refractivity contribution in [2.24, 2.45) is 0 Å². The summed E-state index contributed by atoms with van der Waals surface area (Å²) >= 11 is 2.99. The molecule has 2 N–H and O–H groups in total. The van der Waals surface area contributed by atoms with Crippen LogP contribution in [0.15, 0.2) is 20.3 Å². The maximum atomic E-state index is 11.5. The normalized spacial score (nSPS) is 10.5. The van der Waals surface area contributed by atoms with Crippen molar-refractivity contribution in [3.8, 4) is 0 Å². The van der Waals surface area contributed by atoms with Crippen molar-refractivity contribution in [3.63, 3.8) is 0 Å². The first kappa shape index (κ1) is 12.7. The molecule has 1 aromatic heterocycles. The molecule has 0 fully saturated rings. The molecule has 1 heterocycles. The molecule has 0 aliphatic rings. The molecule has 1 aromatic rings. The molecule has 7 heteroatoms. The van der Waals surface area contributed by atoms with E-state index in [4.69, 9.17) is 0 Å². The van der Waals surface area contributed by atoms with Gasteiger partial charge in [-0.15, -0.1) is 0 Å². The number of aromatic amines is 1. The van der Waals surface area contributed by atoms with Crippen LogP contribution in [-0.4, -0.2) is 21.5 Å². The number of halogens is 1. The van der Waals surface area contributed by atoms with Crippen molar-refractivity contribution in [2.45, 2.75) is 26.4 Å². The highest BCUT2D eigenvalue weighted by molar-refractivity contribution is 9.10. The van der Waals surface area contributed by atoms with Crippen LogP contribution in [-0.2, 0) is 11.3 Å². The van der Waals surface area contributed by atoms with Crippen LogP contribution >= 0.6 is 15.9 Å². The number of carbonyl (C=O) groups is 1. The predicted molar refractivity (Wildman–Crippen MR) is 62.3 cm³/mol. The topological polar surface area (TPSA) is 84.0 Å². The van der Waals surface area contributed by atoms with Crippen molar-refractivity contribution >= 4 is 21.8 Å². The predicted octanol–water partition coefficient (Wildman–Crippen LogP) is -0.176. The van der Waals surface area contributed by atoms with Gasteiger partial charge in [0.15, 0.2) is 0 Å². The van der Waals surface area contributed by atoms with Crippen LogP contribution in [0.2, 0.25) is 0 Å². The lowest BCUT2D eigenvalue weighted by molar-refractivity contribution is -0.122. The molecular formula is C9H12BrN3O3. The van der Waals surface area contributed by atoms with Crippen LogP contribution in [0.25, 0.3) is 0 Å². The Kier molecular flexibility index (Phi) is 4.05. The van der Waals surface area contributed by atoms with E-state index in [1.807, 2.05) is 0 Å². The lowest BCUT2D eigenvalue weighted by atomic mass is 10.4. The summed E-state index contributed by atoms with van der Waals surface area (Å²) in [5.74, 6) is -0.374. The van der Waals surface area contributed by atoms with E-state index >= 15 is 0 Å². The highest BCUT2D eigenvalue weighted by Gasteiger charge is 2.10. The Morgan fingerprint density at radius 1 is 1.56 bits per heavy atom. The van der Waals surface area contributed by atoms with Crippen LogP contribution < -0.4 is 16.6 Å². The smallest absolute Gasteiger partial charge is 0.328 e. The van der Waals surface area contributed by atoms with Gasteiger partial charge in [-0.2, -0.15) is 0 Å². The molecule has 0 aliphatic carbocycles. The summed E-state index contributed by atoms with van der Waals surface area (Å²) in [5.41, 5.74) is -1.13. The average molecular weight is 290 g/mol. The van der Waals surface area contributed by atoms with E-state index in [-0.39, 0.29) is 23.0 Å². The number of nitrogens with one attached hydrogen (secondary N) is 2. The molecule has 1 rings (SSSR count). The minimum atomic E-state index is -0.605. The van der Waals surface area contributed by atoms with Crippen LogP contribution in [0.5, 0.6) is 0 Å². The maximum Gasteiger partial charge on any atom is 0.328 e. The lowest BCUT2D eigenvalue weighted by Gasteiger charge is -2.09. The summed E-state index contributed by atoms with van der Waals surface area (Å²) in [4.78, 5) is 36.6. The summed E-state index contributed by atoms with van der Waals surface area (Å²) in [6.07, 6.45) is 1.25. The van der Waals surface area contributed by atoms with Crippen LogP contribution in [0.1, 0.15) is 13.8 Å². The number of hydrogen-bond donors (Lipinski definition) is 2. The van der Waals surface area contributed by atoms with Gasteiger partial charge in [-0.25, -0.2) is 9.36 Å². The minimum Gasteiger partial charge on any atom is -0.352 e. The third-order valence-electron chi connectivity index (χ3n) is 1.77. The van der Waals surface area contributed by atoms with Gasteiger partial charge in [0.05, 0.1) is 4.47 Å². The zero-order valence-electron chi connectivity index (χ0n) is 8.91. The average Bonchev–Trinajstić information content (AvgIpc) is 2.17. The maximum absolute atomic E-state index is 11.5. The third kappa shape index (κ3) is 3.06. The molecule has 0 aliphatic heterocycles. The number of carbonyl (C=O) groups excluding carboxylic acids is 1. The van der Waals surface area contributed by atoms with Gasteiger partial charge < -0.3 is 10.3 Å². The second-order valence-electron chi connectivity index (χ2n) is 3.56. The Labute approximate surface area is 99.8 Å². The van der Waals surface area contributed by atoms with Gasteiger partial charge >= 0.3 is 5.69 Å². The largest absolute Gasteiger partial charge is 0.352 e. The molecular weight excluding hydrogens is 278 g/mol. The second kappa shape index (κ2) is 5.11. The summed E-state index contributed by atoms with van der Waals surface area (Å²) in [5, 5.41) is 2.60. The molecule has 0 atom stereocenters. The molecule has 16 heavy (non-hydrogen) atoms. The highest BCUT2D eigenvalue weighted by Crippen LogP contribution is 1.95. The first-order valence-corrected chi connectivity index (χ1v) is 5.48. The van der Waals surface area contributed by atoms with Gasteiger partial charge in [0.2, 0.25) is 5.91 Å². The SMILES string of the molecule is CC(C)NC(=O)Cn1c(=O)[nH]cc(Br)c1=O. The van der Waals surface area contributed by atoms with E-state index < -0.39 is 11.2 Å². The van der Waals surface area contributed by atoms with Gasteiger partial charge in [0.1, 0.15) is 6.54 Å². The number of rotatable bonds is 3. The minimum absolute atomic E-state index is 0.0329. The monoisotopic (exact) mass is 289 g/mol. The summed E-state index contributed by atoms with van der Waals surface area (Å²) in [6.45, 7) is 3.31. The molecule has 0 radical (unpaired) electrons. The van der Waals surface area contributed by atoms with Crippen LogP contribution in [0, 0.1) is 0 Å². The number of aromatic nitrogens is 2. The van der Waals surface area contributed by atoms with Gasteiger partial charge in [-0.3, -0.25) is 9.59 Å². The molecule has 0 saturated heterocycles. The van der Waals surface area contributed by atoms with E-state index in [9.17, 15) is 14.4 Å². The molecule has 0 saturated carbocycles. The Hall–Kier alpha value is -1.37.